The van der Waals surface area contributed by atoms with Crippen LogP contribution in [-0.2, 0) is 20.3 Å². The van der Waals surface area contributed by atoms with Crippen LogP contribution in [0.2, 0.25) is 0 Å². The number of methoxy groups -OCH3 is 1. The molecule has 1 aliphatic rings. The van der Waals surface area contributed by atoms with Crippen molar-refractivity contribution in [3.8, 4) is 0 Å². The summed E-state index contributed by atoms with van der Waals surface area (Å²) < 4.78 is 15.5. The lowest BCUT2D eigenvalue weighted by Crippen LogP contribution is -2.32. The van der Waals surface area contributed by atoms with Gasteiger partial charge in [-0.3, -0.25) is 4.21 Å². The molecule has 1 aliphatic heterocycles. The van der Waals surface area contributed by atoms with Crippen molar-refractivity contribution in [1.29, 1.82) is 0 Å². The molecule has 0 radical (unpaired) electrons. The zero-order valence-electron chi connectivity index (χ0n) is 8.19. The molecule has 0 amide bonds. The third kappa shape index (κ3) is 3.91. The molecule has 0 saturated carbocycles. The third-order valence-electron chi connectivity index (χ3n) is 2.14. The van der Waals surface area contributed by atoms with E-state index >= 15 is 0 Å². The normalized spacial score (nSPS) is 27.5. The van der Waals surface area contributed by atoms with Gasteiger partial charge in [0.15, 0.2) is 0 Å². The predicted octanol–water partition coefficient (Wildman–Crippen LogP) is 0.174. The Balaban J connectivity index is 2.22. The maximum absolute atomic E-state index is 11.0. The van der Waals surface area contributed by atoms with E-state index in [0.29, 0.717) is 6.04 Å². The van der Waals surface area contributed by atoms with Crippen molar-refractivity contribution in [2.75, 3.05) is 18.6 Å². The van der Waals surface area contributed by atoms with E-state index in [4.69, 9.17) is 0 Å². The standard InChI is InChI=1S/C9H15NO3S/c1-13-9(11)2-5-10-8-3-6-14(12)7-4-8/h2,5,8,10H,3-4,6-7H2,1H3/b5-2+. The quantitative estimate of drug-likeness (QED) is 0.541. The molecule has 0 aliphatic carbocycles. The van der Waals surface area contributed by atoms with E-state index in [2.05, 4.69) is 10.1 Å². The van der Waals surface area contributed by atoms with Crippen LogP contribution in [0.15, 0.2) is 12.3 Å². The summed E-state index contributed by atoms with van der Waals surface area (Å²) in [6, 6.07) is 0.341. The van der Waals surface area contributed by atoms with Gasteiger partial charge in [-0.15, -0.1) is 0 Å². The maximum Gasteiger partial charge on any atom is 0.331 e. The predicted molar refractivity (Wildman–Crippen MR) is 55.2 cm³/mol. The van der Waals surface area contributed by atoms with Crippen molar-refractivity contribution in [3.05, 3.63) is 12.3 Å². The Morgan fingerprint density at radius 2 is 2.14 bits per heavy atom. The smallest absolute Gasteiger partial charge is 0.331 e. The van der Waals surface area contributed by atoms with Crippen LogP contribution in [0.25, 0.3) is 0 Å². The van der Waals surface area contributed by atoms with Crippen LogP contribution in [0.5, 0.6) is 0 Å². The first-order chi connectivity index (χ1) is 6.72. The van der Waals surface area contributed by atoms with E-state index in [1.807, 2.05) is 0 Å². The van der Waals surface area contributed by atoms with Gasteiger partial charge < -0.3 is 10.1 Å². The summed E-state index contributed by atoms with van der Waals surface area (Å²) in [4.78, 5) is 10.7. The highest BCUT2D eigenvalue weighted by Gasteiger charge is 2.15. The molecule has 1 N–H and O–H groups in total. The fourth-order valence-corrected chi connectivity index (χ4v) is 2.58. The molecule has 1 fully saturated rings. The Hall–Kier alpha value is -0.840. The van der Waals surface area contributed by atoms with E-state index in [9.17, 15) is 9.00 Å². The maximum atomic E-state index is 11.0. The zero-order chi connectivity index (χ0) is 10.4. The summed E-state index contributed by atoms with van der Waals surface area (Å²) in [6.07, 6.45) is 4.76. The first kappa shape index (κ1) is 11.2. The highest BCUT2D eigenvalue weighted by atomic mass is 32.2. The Labute approximate surface area is 86.2 Å². The first-order valence-electron chi connectivity index (χ1n) is 4.58. The average Bonchev–Trinajstić information content (AvgIpc) is 2.21. The van der Waals surface area contributed by atoms with Crippen molar-refractivity contribution in [3.63, 3.8) is 0 Å². The molecule has 14 heavy (non-hydrogen) atoms. The lowest BCUT2D eigenvalue weighted by molar-refractivity contribution is -0.134. The van der Waals surface area contributed by atoms with Crippen LogP contribution in [0, 0.1) is 0 Å². The van der Waals surface area contributed by atoms with Crippen LogP contribution in [0.4, 0.5) is 0 Å². The molecule has 1 saturated heterocycles. The Bertz CT molecular complexity index is 242. The fourth-order valence-electron chi connectivity index (χ4n) is 1.28. The molecule has 0 aromatic rings. The number of nitrogens with one attached hydrogen (secondary N) is 1. The molecule has 1 heterocycles. The van der Waals surface area contributed by atoms with Crippen molar-refractivity contribution in [2.24, 2.45) is 0 Å². The molecular formula is C9H15NO3S. The summed E-state index contributed by atoms with van der Waals surface area (Å²) >= 11 is 0. The Kier molecular flexibility index (Phi) is 4.65. The second kappa shape index (κ2) is 5.80. The van der Waals surface area contributed by atoms with Crippen molar-refractivity contribution < 1.29 is 13.7 Å². The number of rotatable bonds is 3. The third-order valence-corrected chi connectivity index (χ3v) is 3.52. The van der Waals surface area contributed by atoms with Gasteiger partial charge in [0.05, 0.1) is 7.11 Å². The number of esters is 1. The highest BCUT2D eigenvalue weighted by Crippen LogP contribution is 2.08. The molecule has 0 aromatic carbocycles. The summed E-state index contributed by atoms with van der Waals surface area (Å²) in [5, 5.41) is 3.09. The Morgan fingerprint density at radius 1 is 1.50 bits per heavy atom. The van der Waals surface area contributed by atoms with Gasteiger partial charge in [0, 0.05) is 40.6 Å². The van der Waals surface area contributed by atoms with Gasteiger partial charge in [-0.05, 0) is 12.8 Å². The van der Waals surface area contributed by atoms with Crippen molar-refractivity contribution >= 4 is 16.8 Å². The van der Waals surface area contributed by atoms with Gasteiger partial charge in [-0.25, -0.2) is 4.79 Å². The van der Waals surface area contributed by atoms with E-state index < -0.39 is 10.8 Å². The monoisotopic (exact) mass is 217 g/mol. The second-order valence-corrected chi connectivity index (χ2v) is 4.84. The zero-order valence-corrected chi connectivity index (χ0v) is 9.01. The molecule has 0 bridgehead atoms. The molecule has 0 spiro atoms. The molecule has 0 atom stereocenters. The van der Waals surface area contributed by atoms with E-state index in [1.165, 1.54) is 13.2 Å². The highest BCUT2D eigenvalue weighted by molar-refractivity contribution is 7.85. The molecule has 0 aromatic heterocycles. The lowest BCUT2D eigenvalue weighted by Gasteiger charge is -2.21. The van der Waals surface area contributed by atoms with Gasteiger partial charge in [0.25, 0.3) is 0 Å². The lowest BCUT2D eigenvalue weighted by atomic mass is 10.2. The van der Waals surface area contributed by atoms with Crippen LogP contribution >= 0.6 is 0 Å². The Morgan fingerprint density at radius 3 is 2.71 bits per heavy atom. The molecule has 5 heteroatoms. The second-order valence-electron chi connectivity index (χ2n) is 3.15. The van der Waals surface area contributed by atoms with Crippen molar-refractivity contribution in [1.82, 2.24) is 5.32 Å². The summed E-state index contributed by atoms with van der Waals surface area (Å²) in [5.74, 6) is 1.14. The molecule has 4 nitrogen and oxygen atoms in total. The molecule has 1 rings (SSSR count). The molecular weight excluding hydrogens is 202 g/mol. The van der Waals surface area contributed by atoms with Crippen LogP contribution in [0.3, 0.4) is 0 Å². The number of carbonyl (C=O) groups excluding carboxylic acids is 1. The van der Waals surface area contributed by atoms with E-state index in [-0.39, 0.29) is 5.97 Å². The topological polar surface area (TPSA) is 55.4 Å². The van der Waals surface area contributed by atoms with Gasteiger partial charge in [0.2, 0.25) is 0 Å². The number of carbonyl (C=O) groups is 1. The summed E-state index contributed by atoms with van der Waals surface area (Å²) in [5.41, 5.74) is 0. The van der Waals surface area contributed by atoms with Crippen LogP contribution < -0.4 is 5.32 Å². The van der Waals surface area contributed by atoms with Gasteiger partial charge in [-0.1, -0.05) is 0 Å². The number of hydrogen-bond acceptors (Lipinski definition) is 4. The SMILES string of the molecule is COC(=O)/C=C/NC1CCS(=O)CC1. The van der Waals surface area contributed by atoms with E-state index in [0.717, 1.165) is 24.3 Å². The first-order valence-corrected chi connectivity index (χ1v) is 6.06. The van der Waals surface area contributed by atoms with Gasteiger partial charge in [-0.2, -0.15) is 0 Å². The minimum absolute atomic E-state index is 0.341. The number of hydrogen-bond donors (Lipinski definition) is 1. The minimum Gasteiger partial charge on any atom is -0.466 e. The van der Waals surface area contributed by atoms with Gasteiger partial charge in [0.1, 0.15) is 0 Å². The number of ether oxygens (including phenoxy) is 1. The average molecular weight is 217 g/mol. The summed E-state index contributed by atoms with van der Waals surface area (Å²) in [6.45, 7) is 0. The van der Waals surface area contributed by atoms with Crippen LogP contribution in [-0.4, -0.2) is 34.8 Å². The van der Waals surface area contributed by atoms with Crippen molar-refractivity contribution in [2.45, 2.75) is 18.9 Å². The molecule has 80 valence electrons. The minimum atomic E-state index is -0.633. The largest absolute Gasteiger partial charge is 0.466 e. The van der Waals surface area contributed by atoms with E-state index in [1.54, 1.807) is 6.20 Å². The summed E-state index contributed by atoms with van der Waals surface area (Å²) in [7, 11) is 0.711. The fraction of sp³-hybridized carbons (Fsp3) is 0.667. The van der Waals surface area contributed by atoms with Crippen LogP contribution in [0.1, 0.15) is 12.8 Å². The molecule has 0 unspecified atom stereocenters. The van der Waals surface area contributed by atoms with Gasteiger partial charge >= 0.3 is 5.97 Å².